The normalized spacial score (nSPS) is 18.7. The Morgan fingerprint density at radius 1 is 1.21 bits per heavy atom. The number of hydrogen-bond acceptors (Lipinski definition) is 3. The average Bonchev–Trinajstić information content (AvgIpc) is 2.35. The third kappa shape index (κ3) is 3.83. The molecule has 0 atom stereocenters. The highest BCUT2D eigenvalue weighted by atomic mass is 35.5. The first-order valence-electron chi connectivity index (χ1n) is 6.04. The first-order chi connectivity index (χ1) is 8.88. The molecule has 106 valence electrons. The van der Waals surface area contributed by atoms with Gasteiger partial charge in [-0.1, -0.05) is 23.2 Å². The number of nitrogens with one attached hydrogen (secondary N) is 1. The van der Waals surface area contributed by atoms with Crippen molar-refractivity contribution in [1.82, 2.24) is 9.62 Å². The SMILES string of the molecule is CN1CCC(NS(=O)(=O)c2ccc(Cl)c(Cl)c2)CC1. The molecule has 1 fully saturated rings. The molecule has 2 rings (SSSR count). The monoisotopic (exact) mass is 322 g/mol. The van der Waals surface area contributed by atoms with Gasteiger partial charge in [0.15, 0.2) is 0 Å². The largest absolute Gasteiger partial charge is 0.306 e. The molecule has 0 unspecified atom stereocenters. The third-order valence-electron chi connectivity index (χ3n) is 3.24. The van der Waals surface area contributed by atoms with Crippen LogP contribution in [0, 0.1) is 0 Å². The molecule has 19 heavy (non-hydrogen) atoms. The zero-order valence-corrected chi connectivity index (χ0v) is 12.9. The Labute approximate surface area is 123 Å². The smallest absolute Gasteiger partial charge is 0.240 e. The molecule has 1 aliphatic heterocycles. The lowest BCUT2D eigenvalue weighted by Gasteiger charge is -2.29. The van der Waals surface area contributed by atoms with E-state index in [-0.39, 0.29) is 16.0 Å². The molecule has 0 bridgehead atoms. The van der Waals surface area contributed by atoms with E-state index < -0.39 is 10.0 Å². The number of hydrogen-bond donors (Lipinski definition) is 1. The molecule has 0 aromatic heterocycles. The predicted molar refractivity (Wildman–Crippen MR) is 77.3 cm³/mol. The van der Waals surface area contributed by atoms with Crippen LogP contribution >= 0.6 is 23.2 Å². The second-order valence-electron chi connectivity index (χ2n) is 4.77. The van der Waals surface area contributed by atoms with Crippen LogP contribution in [0.5, 0.6) is 0 Å². The highest BCUT2D eigenvalue weighted by Gasteiger charge is 2.23. The lowest BCUT2D eigenvalue weighted by atomic mass is 10.1. The highest BCUT2D eigenvalue weighted by molar-refractivity contribution is 7.89. The van der Waals surface area contributed by atoms with Gasteiger partial charge in [0.25, 0.3) is 0 Å². The van der Waals surface area contributed by atoms with Gasteiger partial charge >= 0.3 is 0 Å². The number of benzene rings is 1. The molecular formula is C12H16Cl2N2O2S. The van der Waals surface area contributed by atoms with Crippen molar-refractivity contribution in [2.45, 2.75) is 23.8 Å². The molecule has 1 N–H and O–H groups in total. The van der Waals surface area contributed by atoms with E-state index in [0.29, 0.717) is 5.02 Å². The van der Waals surface area contributed by atoms with Crippen LogP contribution in [-0.2, 0) is 10.0 Å². The van der Waals surface area contributed by atoms with Crippen molar-refractivity contribution in [1.29, 1.82) is 0 Å². The van der Waals surface area contributed by atoms with Gasteiger partial charge in [-0.25, -0.2) is 13.1 Å². The summed E-state index contributed by atoms with van der Waals surface area (Å²) in [4.78, 5) is 2.34. The Morgan fingerprint density at radius 3 is 2.42 bits per heavy atom. The quantitative estimate of drug-likeness (QED) is 0.929. The van der Waals surface area contributed by atoms with Crippen LogP contribution in [0.4, 0.5) is 0 Å². The maximum absolute atomic E-state index is 12.2. The Balaban J connectivity index is 2.11. The molecule has 1 aromatic rings. The molecule has 7 heteroatoms. The number of nitrogens with zero attached hydrogens (tertiary/aromatic N) is 1. The van der Waals surface area contributed by atoms with Crippen LogP contribution in [0.3, 0.4) is 0 Å². The third-order valence-corrected chi connectivity index (χ3v) is 5.50. The van der Waals surface area contributed by atoms with Gasteiger partial charge in [-0.15, -0.1) is 0 Å². The summed E-state index contributed by atoms with van der Waals surface area (Å²) >= 11 is 11.6. The van der Waals surface area contributed by atoms with E-state index in [1.165, 1.54) is 18.2 Å². The van der Waals surface area contributed by atoms with Crippen LogP contribution in [0.2, 0.25) is 10.0 Å². The number of likely N-dealkylation sites (tertiary alicyclic amines) is 1. The van der Waals surface area contributed by atoms with Gasteiger partial charge in [-0.3, -0.25) is 0 Å². The van der Waals surface area contributed by atoms with Crippen LogP contribution in [0.15, 0.2) is 23.1 Å². The van der Waals surface area contributed by atoms with Gasteiger partial charge in [0.1, 0.15) is 0 Å². The summed E-state index contributed by atoms with van der Waals surface area (Å²) in [6.45, 7) is 1.79. The fraction of sp³-hybridized carbons (Fsp3) is 0.500. The van der Waals surface area contributed by atoms with Gasteiger partial charge in [0.05, 0.1) is 14.9 Å². The van der Waals surface area contributed by atoms with E-state index in [0.717, 1.165) is 25.9 Å². The van der Waals surface area contributed by atoms with Gasteiger partial charge in [0.2, 0.25) is 10.0 Å². The van der Waals surface area contributed by atoms with Crippen LogP contribution in [-0.4, -0.2) is 39.5 Å². The standard InChI is InChI=1S/C12H16Cl2N2O2S/c1-16-6-4-9(5-7-16)15-19(17,18)10-2-3-11(13)12(14)8-10/h2-3,8-9,15H,4-7H2,1H3. The van der Waals surface area contributed by atoms with E-state index in [9.17, 15) is 8.42 Å². The van der Waals surface area contributed by atoms with Crippen molar-refractivity contribution in [2.75, 3.05) is 20.1 Å². The molecule has 1 saturated heterocycles. The Hall–Kier alpha value is -0.330. The van der Waals surface area contributed by atoms with Crippen molar-refractivity contribution in [2.24, 2.45) is 0 Å². The van der Waals surface area contributed by atoms with E-state index in [4.69, 9.17) is 23.2 Å². The van der Waals surface area contributed by atoms with Gasteiger partial charge in [0, 0.05) is 6.04 Å². The minimum Gasteiger partial charge on any atom is -0.306 e. The molecule has 0 aliphatic carbocycles. The summed E-state index contributed by atoms with van der Waals surface area (Å²) in [5.41, 5.74) is 0. The topological polar surface area (TPSA) is 49.4 Å². The second-order valence-corrected chi connectivity index (χ2v) is 7.30. The van der Waals surface area contributed by atoms with Crippen molar-refractivity contribution >= 4 is 33.2 Å². The zero-order valence-electron chi connectivity index (χ0n) is 10.6. The summed E-state index contributed by atoms with van der Waals surface area (Å²) < 4.78 is 27.2. The van der Waals surface area contributed by atoms with Gasteiger partial charge < -0.3 is 4.90 Å². The molecular weight excluding hydrogens is 307 g/mol. The summed E-state index contributed by atoms with van der Waals surface area (Å²) in [7, 11) is -1.50. The number of piperidine rings is 1. The van der Waals surface area contributed by atoms with Gasteiger partial charge in [-0.2, -0.15) is 0 Å². The van der Waals surface area contributed by atoms with Crippen molar-refractivity contribution in [3.8, 4) is 0 Å². The molecule has 0 amide bonds. The number of rotatable bonds is 3. The van der Waals surface area contributed by atoms with E-state index in [2.05, 4.69) is 9.62 Å². The number of sulfonamides is 1. The molecule has 0 saturated carbocycles. The minimum absolute atomic E-state index is 0.0179. The second kappa shape index (κ2) is 5.97. The van der Waals surface area contributed by atoms with Crippen LogP contribution < -0.4 is 4.72 Å². The maximum Gasteiger partial charge on any atom is 0.240 e. The predicted octanol–water partition coefficient (Wildman–Crippen LogP) is 2.37. The molecule has 1 heterocycles. The highest BCUT2D eigenvalue weighted by Crippen LogP contribution is 2.25. The Kier molecular flexibility index (Phi) is 4.74. The first kappa shape index (κ1) is 15.1. The molecule has 0 spiro atoms. The van der Waals surface area contributed by atoms with Crippen molar-refractivity contribution in [3.05, 3.63) is 28.2 Å². The summed E-state index contributed by atoms with van der Waals surface area (Å²) in [6.07, 6.45) is 1.63. The summed E-state index contributed by atoms with van der Waals surface area (Å²) in [5.74, 6) is 0. The van der Waals surface area contributed by atoms with E-state index in [1.807, 2.05) is 7.05 Å². The fourth-order valence-corrected chi connectivity index (χ4v) is 3.75. The number of halogens is 2. The van der Waals surface area contributed by atoms with Crippen molar-refractivity contribution in [3.63, 3.8) is 0 Å². The van der Waals surface area contributed by atoms with Gasteiger partial charge in [-0.05, 0) is 51.2 Å². The summed E-state index contributed by atoms with van der Waals surface area (Å²) in [5, 5.41) is 0.591. The lowest BCUT2D eigenvalue weighted by Crippen LogP contribution is -2.43. The fourth-order valence-electron chi connectivity index (χ4n) is 2.06. The first-order valence-corrected chi connectivity index (χ1v) is 8.28. The van der Waals surface area contributed by atoms with E-state index >= 15 is 0 Å². The Morgan fingerprint density at radius 2 is 1.84 bits per heavy atom. The van der Waals surface area contributed by atoms with Crippen molar-refractivity contribution < 1.29 is 8.42 Å². The molecule has 1 aromatic carbocycles. The molecule has 4 nitrogen and oxygen atoms in total. The van der Waals surface area contributed by atoms with Crippen LogP contribution in [0.1, 0.15) is 12.8 Å². The van der Waals surface area contributed by atoms with Crippen LogP contribution in [0.25, 0.3) is 0 Å². The lowest BCUT2D eigenvalue weighted by molar-refractivity contribution is 0.248. The average molecular weight is 323 g/mol. The summed E-state index contributed by atoms with van der Waals surface area (Å²) in [6, 6.07) is 4.32. The Bertz CT molecular complexity index is 555. The molecule has 0 radical (unpaired) electrons. The molecule has 1 aliphatic rings. The minimum atomic E-state index is -3.53. The maximum atomic E-state index is 12.2. The zero-order chi connectivity index (χ0) is 14.0. The van der Waals surface area contributed by atoms with E-state index in [1.54, 1.807) is 0 Å².